The number of benzene rings is 1. The number of methoxy groups -OCH3 is 1. The van der Waals surface area contributed by atoms with Gasteiger partial charge in [-0.05, 0) is 18.1 Å². The van der Waals surface area contributed by atoms with Crippen LogP contribution in [0.25, 0.3) is 0 Å². The highest BCUT2D eigenvalue weighted by Gasteiger charge is 2.24. The maximum absolute atomic E-state index is 6.27. The number of nitrogens with zero attached hydrogens (tertiary/aromatic N) is 3. The number of aromatic nitrogens is 3. The van der Waals surface area contributed by atoms with Crippen molar-refractivity contribution >= 4 is 11.6 Å². The quantitative estimate of drug-likeness (QED) is 0.820. The molecule has 0 unspecified atom stereocenters. The SMILES string of the molecule is COCCc1nc([C@@H]2CCOC2)n(Cc2ccccc2Cl)n1. The summed E-state index contributed by atoms with van der Waals surface area (Å²) in [6, 6.07) is 7.84. The summed E-state index contributed by atoms with van der Waals surface area (Å²) in [7, 11) is 1.69. The molecule has 0 spiro atoms. The summed E-state index contributed by atoms with van der Waals surface area (Å²) >= 11 is 6.27. The van der Waals surface area contributed by atoms with Crippen molar-refractivity contribution in [2.24, 2.45) is 0 Å². The van der Waals surface area contributed by atoms with E-state index >= 15 is 0 Å². The fourth-order valence-corrected chi connectivity index (χ4v) is 2.84. The Labute approximate surface area is 135 Å². The number of ether oxygens (including phenoxy) is 2. The van der Waals surface area contributed by atoms with Gasteiger partial charge in [0.2, 0.25) is 0 Å². The molecule has 0 aliphatic carbocycles. The third-order valence-corrected chi connectivity index (χ3v) is 4.22. The van der Waals surface area contributed by atoms with Crippen molar-refractivity contribution in [3.05, 3.63) is 46.5 Å². The summed E-state index contributed by atoms with van der Waals surface area (Å²) in [5.41, 5.74) is 1.05. The first-order valence-corrected chi connectivity index (χ1v) is 7.89. The van der Waals surface area contributed by atoms with Gasteiger partial charge in [0, 0.05) is 31.1 Å². The van der Waals surface area contributed by atoms with Gasteiger partial charge in [0.15, 0.2) is 5.82 Å². The Balaban J connectivity index is 1.87. The summed E-state index contributed by atoms with van der Waals surface area (Å²) in [4.78, 5) is 4.70. The summed E-state index contributed by atoms with van der Waals surface area (Å²) in [5, 5.41) is 5.39. The molecule has 1 saturated heterocycles. The molecule has 118 valence electrons. The van der Waals surface area contributed by atoms with Crippen molar-refractivity contribution in [2.75, 3.05) is 26.9 Å². The number of hydrogen-bond acceptors (Lipinski definition) is 4. The van der Waals surface area contributed by atoms with E-state index in [4.69, 9.17) is 26.1 Å². The Hall–Kier alpha value is -1.43. The largest absolute Gasteiger partial charge is 0.384 e. The van der Waals surface area contributed by atoms with Gasteiger partial charge in [-0.25, -0.2) is 9.67 Å². The Kier molecular flexibility index (Phi) is 5.08. The van der Waals surface area contributed by atoms with Gasteiger partial charge in [0.05, 0.1) is 19.8 Å². The predicted octanol–water partition coefficient (Wildman–Crippen LogP) is 2.67. The standard InChI is InChI=1S/C16H20ClN3O2/c1-21-8-7-15-18-16(13-6-9-22-11-13)20(19-15)10-12-4-2-3-5-14(12)17/h2-5,13H,6-11H2,1H3/t13-/m1/s1. The lowest BCUT2D eigenvalue weighted by atomic mass is 10.1. The van der Waals surface area contributed by atoms with Crippen LogP contribution in [0, 0.1) is 0 Å². The van der Waals surface area contributed by atoms with E-state index in [1.54, 1.807) is 7.11 Å². The lowest BCUT2D eigenvalue weighted by molar-refractivity contribution is 0.192. The molecule has 2 heterocycles. The van der Waals surface area contributed by atoms with Gasteiger partial charge in [-0.15, -0.1) is 0 Å². The van der Waals surface area contributed by atoms with E-state index in [9.17, 15) is 0 Å². The first-order valence-electron chi connectivity index (χ1n) is 7.51. The molecule has 0 amide bonds. The van der Waals surface area contributed by atoms with Gasteiger partial charge >= 0.3 is 0 Å². The third kappa shape index (κ3) is 3.48. The summed E-state index contributed by atoms with van der Waals surface area (Å²) in [6.45, 7) is 2.75. The minimum atomic E-state index is 0.311. The molecule has 5 nitrogen and oxygen atoms in total. The third-order valence-electron chi connectivity index (χ3n) is 3.85. The van der Waals surface area contributed by atoms with E-state index in [0.29, 0.717) is 32.1 Å². The van der Waals surface area contributed by atoms with Crippen molar-refractivity contribution < 1.29 is 9.47 Å². The lowest BCUT2D eigenvalue weighted by Crippen LogP contribution is -2.12. The molecule has 3 rings (SSSR count). The molecule has 0 radical (unpaired) electrons. The van der Waals surface area contributed by atoms with Gasteiger partial charge in [0.1, 0.15) is 5.82 Å². The highest BCUT2D eigenvalue weighted by atomic mass is 35.5. The Morgan fingerprint density at radius 3 is 3.00 bits per heavy atom. The monoisotopic (exact) mass is 321 g/mol. The molecule has 22 heavy (non-hydrogen) atoms. The molecule has 2 aromatic rings. The van der Waals surface area contributed by atoms with E-state index in [-0.39, 0.29) is 0 Å². The molecule has 1 fully saturated rings. The number of rotatable bonds is 6. The minimum Gasteiger partial charge on any atom is -0.384 e. The molecule has 1 aromatic carbocycles. The van der Waals surface area contributed by atoms with Gasteiger partial charge in [-0.2, -0.15) is 5.10 Å². The molecule has 0 N–H and O–H groups in total. The molecule has 0 bridgehead atoms. The van der Waals surface area contributed by atoms with Gasteiger partial charge in [-0.1, -0.05) is 29.8 Å². The van der Waals surface area contributed by atoms with Crippen LogP contribution in [0.2, 0.25) is 5.02 Å². The van der Waals surface area contributed by atoms with E-state index in [0.717, 1.165) is 35.3 Å². The van der Waals surface area contributed by atoms with Crippen LogP contribution in [0.4, 0.5) is 0 Å². The normalized spacial score (nSPS) is 18.0. The topological polar surface area (TPSA) is 49.2 Å². The van der Waals surface area contributed by atoms with Crippen LogP contribution < -0.4 is 0 Å². The van der Waals surface area contributed by atoms with Gasteiger partial charge in [-0.3, -0.25) is 0 Å². The fraction of sp³-hybridized carbons (Fsp3) is 0.500. The molecular weight excluding hydrogens is 302 g/mol. The Bertz CT molecular complexity index is 624. The Morgan fingerprint density at radius 2 is 2.27 bits per heavy atom. The van der Waals surface area contributed by atoms with Crippen LogP contribution in [0.15, 0.2) is 24.3 Å². The lowest BCUT2D eigenvalue weighted by Gasteiger charge is -2.10. The molecule has 6 heteroatoms. The van der Waals surface area contributed by atoms with Crippen LogP contribution in [-0.4, -0.2) is 41.7 Å². The minimum absolute atomic E-state index is 0.311. The van der Waals surface area contributed by atoms with Crippen molar-refractivity contribution in [1.29, 1.82) is 0 Å². The second-order valence-electron chi connectivity index (χ2n) is 5.44. The van der Waals surface area contributed by atoms with Crippen LogP contribution in [0.1, 0.15) is 29.6 Å². The van der Waals surface area contributed by atoms with Crippen LogP contribution in [-0.2, 0) is 22.4 Å². The summed E-state index contributed by atoms with van der Waals surface area (Å²) in [6.07, 6.45) is 1.71. The zero-order chi connectivity index (χ0) is 15.4. The second-order valence-corrected chi connectivity index (χ2v) is 5.85. The average molecular weight is 322 g/mol. The fourth-order valence-electron chi connectivity index (χ4n) is 2.65. The molecule has 1 aromatic heterocycles. The molecule has 1 aliphatic rings. The van der Waals surface area contributed by atoms with E-state index < -0.39 is 0 Å². The number of halogens is 1. The van der Waals surface area contributed by atoms with Crippen LogP contribution in [0.5, 0.6) is 0 Å². The van der Waals surface area contributed by atoms with Crippen LogP contribution >= 0.6 is 11.6 Å². The maximum Gasteiger partial charge on any atom is 0.153 e. The van der Waals surface area contributed by atoms with Crippen molar-refractivity contribution in [2.45, 2.75) is 25.3 Å². The smallest absolute Gasteiger partial charge is 0.153 e. The molecule has 0 saturated carbocycles. The zero-order valence-corrected chi connectivity index (χ0v) is 13.4. The van der Waals surface area contributed by atoms with E-state index in [1.807, 2.05) is 28.9 Å². The highest BCUT2D eigenvalue weighted by molar-refractivity contribution is 6.31. The highest BCUT2D eigenvalue weighted by Crippen LogP contribution is 2.25. The first kappa shape index (κ1) is 15.5. The zero-order valence-electron chi connectivity index (χ0n) is 12.7. The predicted molar refractivity (Wildman–Crippen MR) is 84.3 cm³/mol. The summed E-state index contributed by atoms with van der Waals surface area (Å²) in [5.74, 6) is 2.12. The van der Waals surface area contributed by atoms with E-state index in [2.05, 4.69) is 5.10 Å². The summed E-state index contributed by atoms with van der Waals surface area (Å²) < 4.78 is 12.6. The van der Waals surface area contributed by atoms with Crippen molar-refractivity contribution in [3.63, 3.8) is 0 Å². The van der Waals surface area contributed by atoms with Crippen LogP contribution in [0.3, 0.4) is 0 Å². The van der Waals surface area contributed by atoms with Crippen molar-refractivity contribution in [3.8, 4) is 0 Å². The average Bonchev–Trinajstić information content (AvgIpc) is 3.17. The van der Waals surface area contributed by atoms with Crippen molar-refractivity contribution in [1.82, 2.24) is 14.8 Å². The van der Waals surface area contributed by atoms with Gasteiger partial charge < -0.3 is 9.47 Å². The number of hydrogen-bond donors (Lipinski definition) is 0. The maximum atomic E-state index is 6.27. The molecular formula is C16H20ClN3O2. The molecule has 1 aliphatic heterocycles. The first-order chi connectivity index (χ1) is 10.8. The van der Waals surface area contributed by atoms with Gasteiger partial charge in [0.25, 0.3) is 0 Å². The Morgan fingerprint density at radius 1 is 1.41 bits per heavy atom. The molecule has 1 atom stereocenters. The second kappa shape index (κ2) is 7.22. The van der Waals surface area contributed by atoms with E-state index in [1.165, 1.54) is 0 Å².